The van der Waals surface area contributed by atoms with Crippen molar-refractivity contribution in [2.24, 2.45) is 9.98 Å². The van der Waals surface area contributed by atoms with Gasteiger partial charge in [0.05, 0.1) is 37.4 Å². The van der Waals surface area contributed by atoms with Crippen molar-refractivity contribution in [2.45, 2.75) is 12.8 Å². The van der Waals surface area contributed by atoms with Crippen molar-refractivity contribution in [1.29, 1.82) is 0 Å². The second-order valence-corrected chi connectivity index (χ2v) is 6.50. The van der Waals surface area contributed by atoms with Crippen molar-refractivity contribution in [2.75, 3.05) is 50.9 Å². The quantitative estimate of drug-likeness (QED) is 0.259. The molecule has 0 aromatic heterocycles. The Morgan fingerprint density at radius 2 is 1.29 bits per heavy atom. The molecule has 1 rings (SSSR count). The third-order valence-corrected chi connectivity index (χ3v) is 3.92. The van der Waals surface area contributed by atoms with Crippen LogP contribution in [0.2, 0.25) is 0 Å². The minimum Gasteiger partial charge on any atom is -0.462 e. The van der Waals surface area contributed by atoms with Gasteiger partial charge in [-0.25, -0.2) is 9.59 Å². The molecule has 0 spiro atoms. The first-order valence-corrected chi connectivity index (χ1v) is 10.4. The first kappa shape index (κ1) is 24.1. The summed E-state index contributed by atoms with van der Waals surface area (Å²) >= 11 is 8.17. The average Bonchev–Trinajstić information content (AvgIpc) is 2.69. The average molecular weight is 429 g/mol. The summed E-state index contributed by atoms with van der Waals surface area (Å²) in [6.07, 6.45) is 7.45. The number of nitrogens with zero attached hydrogens (tertiary/aromatic N) is 2. The SMILES string of the molecule is O=C(OCCCS)/C1=C/NCCN=C/C(C(=O)OCCCS)=C\NCCN=C1. The van der Waals surface area contributed by atoms with Crippen LogP contribution in [0.3, 0.4) is 0 Å². The van der Waals surface area contributed by atoms with Crippen LogP contribution in [0.5, 0.6) is 0 Å². The van der Waals surface area contributed by atoms with Gasteiger partial charge in [0, 0.05) is 37.9 Å². The van der Waals surface area contributed by atoms with E-state index in [2.05, 4.69) is 45.9 Å². The van der Waals surface area contributed by atoms with E-state index in [1.54, 1.807) is 12.4 Å². The molecule has 1 aliphatic rings. The van der Waals surface area contributed by atoms with Crippen LogP contribution in [-0.4, -0.2) is 75.3 Å². The molecule has 28 heavy (non-hydrogen) atoms. The Kier molecular flexibility index (Phi) is 13.8. The van der Waals surface area contributed by atoms with Crippen molar-refractivity contribution in [1.82, 2.24) is 10.6 Å². The predicted molar refractivity (Wildman–Crippen MR) is 118 cm³/mol. The number of thiol groups is 2. The first-order valence-electron chi connectivity index (χ1n) is 9.11. The van der Waals surface area contributed by atoms with Crippen molar-refractivity contribution in [3.8, 4) is 0 Å². The molecule has 0 amide bonds. The van der Waals surface area contributed by atoms with Crippen LogP contribution in [0.25, 0.3) is 0 Å². The highest BCUT2D eigenvalue weighted by molar-refractivity contribution is 7.80. The van der Waals surface area contributed by atoms with E-state index in [0.29, 0.717) is 74.9 Å². The summed E-state index contributed by atoms with van der Waals surface area (Å²) in [6, 6.07) is 0. The number of hydrogen-bond donors (Lipinski definition) is 4. The van der Waals surface area contributed by atoms with Gasteiger partial charge in [-0.3, -0.25) is 9.98 Å². The van der Waals surface area contributed by atoms with E-state index in [1.165, 1.54) is 12.4 Å². The summed E-state index contributed by atoms with van der Waals surface area (Å²) < 4.78 is 10.3. The van der Waals surface area contributed by atoms with Gasteiger partial charge in [-0.2, -0.15) is 25.3 Å². The Balaban J connectivity index is 2.65. The van der Waals surface area contributed by atoms with Crippen molar-refractivity contribution >= 4 is 49.6 Å². The zero-order valence-corrected chi connectivity index (χ0v) is 17.6. The molecule has 10 heteroatoms. The summed E-state index contributed by atoms with van der Waals surface area (Å²) in [5.74, 6) is 0.432. The molecular formula is C18H28N4O4S2. The molecular weight excluding hydrogens is 400 g/mol. The maximum Gasteiger partial charge on any atom is 0.341 e. The molecule has 156 valence electrons. The van der Waals surface area contributed by atoms with Gasteiger partial charge in [0.2, 0.25) is 0 Å². The third kappa shape index (κ3) is 11.0. The van der Waals surface area contributed by atoms with Crippen molar-refractivity contribution < 1.29 is 19.1 Å². The topological polar surface area (TPSA) is 101 Å². The fourth-order valence-electron chi connectivity index (χ4n) is 1.87. The molecule has 1 aliphatic heterocycles. The number of rotatable bonds is 8. The summed E-state index contributed by atoms with van der Waals surface area (Å²) in [7, 11) is 0. The molecule has 0 saturated carbocycles. The highest BCUT2D eigenvalue weighted by Gasteiger charge is 2.10. The molecule has 0 atom stereocenters. The molecule has 0 unspecified atom stereocenters. The van der Waals surface area contributed by atoms with Crippen LogP contribution in [-0.2, 0) is 19.1 Å². The lowest BCUT2D eigenvalue weighted by molar-refractivity contribution is -0.139. The van der Waals surface area contributed by atoms with Crippen LogP contribution in [0.1, 0.15) is 12.8 Å². The number of esters is 2. The number of hydrogen-bond acceptors (Lipinski definition) is 10. The summed E-state index contributed by atoms with van der Waals surface area (Å²) in [4.78, 5) is 32.6. The normalized spacial score (nSPS) is 19.1. The molecule has 2 N–H and O–H groups in total. The first-order chi connectivity index (χ1) is 13.7. The van der Waals surface area contributed by atoms with E-state index in [9.17, 15) is 9.59 Å². The Morgan fingerprint density at radius 1 is 0.857 bits per heavy atom. The van der Waals surface area contributed by atoms with Crippen LogP contribution in [0.4, 0.5) is 0 Å². The smallest absolute Gasteiger partial charge is 0.341 e. The summed E-state index contributed by atoms with van der Waals surface area (Å²) in [6.45, 7) is 2.42. The number of ether oxygens (including phenoxy) is 2. The minimum absolute atomic E-state index is 0.316. The number of aliphatic imine (C=N–C) groups is 2. The van der Waals surface area contributed by atoms with Gasteiger partial charge in [-0.05, 0) is 24.3 Å². The molecule has 0 aromatic rings. The van der Waals surface area contributed by atoms with Crippen molar-refractivity contribution in [3.05, 3.63) is 23.5 Å². The van der Waals surface area contributed by atoms with E-state index in [0.717, 1.165) is 0 Å². The van der Waals surface area contributed by atoms with Crippen LogP contribution in [0, 0.1) is 0 Å². The molecule has 0 aliphatic carbocycles. The molecule has 0 bridgehead atoms. The minimum atomic E-state index is -0.437. The summed E-state index contributed by atoms with van der Waals surface area (Å²) in [5.41, 5.74) is 0.674. The van der Waals surface area contributed by atoms with E-state index >= 15 is 0 Å². The highest BCUT2D eigenvalue weighted by Crippen LogP contribution is 1.99. The Bertz CT molecular complexity index is 554. The lowest BCUT2D eigenvalue weighted by Gasteiger charge is -2.07. The molecule has 0 saturated heterocycles. The number of nitrogens with one attached hydrogen (secondary N) is 2. The zero-order chi connectivity index (χ0) is 20.5. The Labute approximate surface area is 176 Å². The van der Waals surface area contributed by atoms with Gasteiger partial charge in [0.1, 0.15) is 0 Å². The van der Waals surface area contributed by atoms with Crippen LogP contribution < -0.4 is 10.6 Å². The summed E-state index contributed by atoms with van der Waals surface area (Å²) in [5, 5.41) is 6.01. The molecule has 8 nitrogen and oxygen atoms in total. The van der Waals surface area contributed by atoms with Crippen LogP contribution in [0.15, 0.2) is 33.5 Å². The van der Waals surface area contributed by atoms with Gasteiger partial charge in [-0.15, -0.1) is 0 Å². The molecule has 0 aromatic carbocycles. The maximum atomic E-state index is 12.1. The predicted octanol–water partition coefficient (Wildman–Crippen LogP) is 0.815. The highest BCUT2D eigenvalue weighted by atomic mass is 32.1. The fraction of sp³-hybridized carbons (Fsp3) is 0.556. The van der Waals surface area contributed by atoms with Gasteiger partial charge in [0.25, 0.3) is 0 Å². The Morgan fingerprint density at radius 3 is 1.68 bits per heavy atom. The number of carbonyl (C=O) groups is 2. The largest absolute Gasteiger partial charge is 0.462 e. The van der Waals surface area contributed by atoms with Gasteiger partial charge < -0.3 is 20.1 Å². The molecule has 1 heterocycles. The Hall–Kier alpha value is -1.94. The van der Waals surface area contributed by atoms with E-state index < -0.39 is 11.9 Å². The monoisotopic (exact) mass is 428 g/mol. The molecule has 0 radical (unpaired) electrons. The molecule has 0 fully saturated rings. The van der Waals surface area contributed by atoms with Gasteiger partial charge >= 0.3 is 11.9 Å². The number of carbonyl (C=O) groups excluding carboxylic acids is 2. The lowest BCUT2D eigenvalue weighted by atomic mass is 10.3. The van der Waals surface area contributed by atoms with Crippen LogP contribution >= 0.6 is 25.3 Å². The van der Waals surface area contributed by atoms with Gasteiger partial charge in [-0.1, -0.05) is 0 Å². The van der Waals surface area contributed by atoms with E-state index in [1.807, 2.05) is 0 Å². The van der Waals surface area contributed by atoms with E-state index in [4.69, 9.17) is 9.47 Å². The standard InChI is InChI=1S/C18H28N4O4S2/c23-17(25-7-1-9-27)15-11-19-3-5-21-13-16(14-22-6-4-20-12-15)18(24)26-8-2-10-28/h11-14,19,22,27-28H,1-10H2/b15-11+,16-14+,20-12?,21-13?. The van der Waals surface area contributed by atoms with E-state index in [-0.39, 0.29) is 0 Å². The second-order valence-electron chi connectivity index (χ2n) is 5.60. The second kappa shape index (κ2) is 16.1. The lowest BCUT2D eigenvalue weighted by Crippen LogP contribution is -2.19. The maximum absolute atomic E-state index is 12.1. The zero-order valence-electron chi connectivity index (χ0n) is 15.8. The van der Waals surface area contributed by atoms with Crippen molar-refractivity contribution in [3.63, 3.8) is 0 Å². The third-order valence-electron chi connectivity index (χ3n) is 3.29. The van der Waals surface area contributed by atoms with Gasteiger partial charge in [0.15, 0.2) is 0 Å². The fourth-order valence-corrected chi connectivity index (χ4v) is 2.13.